The first-order valence-electron chi connectivity index (χ1n) is 5.49. The van der Waals surface area contributed by atoms with Crippen LogP contribution in [0, 0.1) is 0 Å². The molecular formula is C11H21N3S. The molecule has 0 amide bonds. The normalized spacial score (nSPS) is 13.3. The number of rotatable bonds is 7. The second-order valence-corrected chi connectivity index (χ2v) is 5.02. The minimum absolute atomic E-state index is 0.520. The van der Waals surface area contributed by atoms with Crippen LogP contribution in [0.2, 0.25) is 0 Å². The first-order chi connectivity index (χ1) is 7.22. The van der Waals surface area contributed by atoms with Crippen LogP contribution in [0.15, 0.2) is 11.6 Å². The van der Waals surface area contributed by atoms with E-state index in [9.17, 15) is 0 Å². The standard InChI is InChI=1S/C11H21N3S/c1-4-5-12-10(9-14(2)3)8-11-13-6-7-15-11/h6-7,10,12H,4-5,8-9H2,1-3H3. The predicted molar refractivity (Wildman–Crippen MR) is 66.5 cm³/mol. The minimum atomic E-state index is 0.520. The lowest BCUT2D eigenvalue weighted by Gasteiger charge is -2.21. The fraction of sp³-hybridized carbons (Fsp3) is 0.727. The monoisotopic (exact) mass is 227 g/mol. The van der Waals surface area contributed by atoms with Crippen molar-refractivity contribution in [3.05, 3.63) is 16.6 Å². The van der Waals surface area contributed by atoms with E-state index in [1.807, 2.05) is 11.6 Å². The van der Waals surface area contributed by atoms with Crippen molar-refractivity contribution in [3.63, 3.8) is 0 Å². The number of aromatic nitrogens is 1. The van der Waals surface area contributed by atoms with Crippen molar-refractivity contribution in [1.29, 1.82) is 0 Å². The van der Waals surface area contributed by atoms with Crippen LogP contribution in [0.4, 0.5) is 0 Å². The molecule has 86 valence electrons. The predicted octanol–water partition coefficient (Wildman–Crippen LogP) is 1.62. The lowest BCUT2D eigenvalue weighted by atomic mass is 10.2. The third-order valence-electron chi connectivity index (χ3n) is 2.17. The fourth-order valence-corrected chi connectivity index (χ4v) is 2.25. The first-order valence-corrected chi connectivity index (χ1v) is 6.36. The average Bonchev–Trinajstić information content (AvgIpc) is 2.66. The van der Waals surface area contributed by atoms with E-state index in [1.54, 1.807) is 11.3 Å². The second kappa shape index (κ2) is 6.93. The van der Waals surface area contributed by atoms with E-state index in [0.29, 0.717) is 6.04 Å². The van der Waals surface area contributed by atoms with Gasteiger partial charge in [-0.25, -0.2) is 4.98 Å². The Labute approximate surface area is 96.5 Å². The van der Waals surface area contributed by atoms with Gasteiger partial charge in [0.25, 0.3) is 0 Å². The van der Waals surface area contributed by atoms with Crippen molar-refractivity contribution in [3.8, 4) is 0 Å². The van der Waals surface area contributed by atoms with E-state index >= 15 is 0 Å². The van der Waals surface area contributed by atoms with Crippen LogP contribution in [-0.4, -0.2) is 43.1 Å². The van der Waals surface area contributed by atoms with Gasteiger partial charge in [0.05, 0.1) is 5.01 Å². The van der Waals surface area contributed by atoms with Crippen LogP contribution in [0.25, 0.3) is 0 Å². The Kier molecular flexibility index (Phi) is 5.83. The third kappa shape index (κ3) is 5.25. The average molecular weight is 227 g/mol. The Morgan fingerprint density at radius 1 is 1.53 bits per heavy atom. The van der Waals surface area contributed by atoms with Gasteiger partial charge in [-0.2, -0.15) is 0 Å². The van der Waals surface area contributed by atoms with E-state index < -0.39 is 0 Å². The summed E-state index contributed by atoms with van der Waals surface area (Å²) in [6.45, 7) is 4.35. The van der Waals surface area contributed by atoms with Crippen LogP contribution in [-0.2, 0) is 6.42 Å². The Balaban J connectivity index is 2.41. The van der Waals surface area contributed by atoms with Crippen molar-refractivity contribution in [2.75, 3.05) is 27.2 Å². The van der Waals surface area contributed by atoms with Gasteiger partial charge < -0.3 is 10.2 Å². The molecule has 15 heavy (non-hydrogen) atoms. The van der Waals surface area contributed by atoms with E-state index in [-0.39, 0.29) is 0 Å². The molecule has 1 N–H and O–H groups in total. The van der Waals surface area contributed by atoms with Gasteiger partial charge in [-0.3, -0.25) is 0 Å². The van der Waals surface area contributed by atoms with Crippen molar-refractivity contribution in [1.82, 2.24) is 15.2 Å². The molecule has 1 aromatic rings. The minimum Gasteiger partial charge on any atom is -0.312 e. The molecule has 1 unspecified atom stereocenters. The van der Waals surface area contributed by atoms with Crippen LogP contribution in [0.1, 0.15) is 18.4 Å². The van der Waals surface area contributed by atoms with Gasteiger partial charge in [-0.1, -0.05) is 6.92 Å². The summed E-state index contributed by atoms with van der Waals surface area (Å²) < 4.78 is 0. The Morgan fingerprint density at radius 3 is 2.87 bits per heavy atom. The third-order valence-corrected chi connectivity index (χ3v) is 2.97. The smallest absolute Gasteiger partial charge is 0.0940 e. The zero-order valence-electron chi connectivity index (χ0n) is 9.86. The van der Waals surface area contributed by atoms with Crippen LogP contribution >= 0.6 is 11.3 Å². The SMILES string of the molecule is CCCNC(Cc1nccs1)CN(C)C. The number of thiazole rings is 1. The maximum atomic E-state index is 4.33. The maximum Gasteiger partial charge on any atom is 0.0940 e. The van der Waals surface area contributed by atoms with Gasteiger partial charge in [-0.15, -0.1) is 11.3 Å². The molecule has 0 radical (unpaired) electrons. The van der Waals surface area contributed by atoms with Gasteiger partial charge in [0.15, 0.2) is 0 Å². The summed E-state index contributed by atoms with van der Waals surface area (Å²) >= 11 is 1.74. The highest BCUT2D eigenvalue weighted by Crippen LogP contribution is 2.07. The molecule has 0 bridgehead atoms. The van der Waals surface area contributed by atoms with Gasteiger partial charge >= 0.3 is 0 Å². The summed E-state index contributed by atoms with van der Waals surface area (Å²) in [5.41, 5.74) is 0. The van der Waals surface area contributed by atoms with E-state index in [2.05, 4.69) is 36.2 Å². The molecule has 0 saturated carbocycles. The molecule has 1 rings (SSSR count). The van der Waals surface area contributed by atoms with Crippen LogP contribution < -0.4 is 5.32 Å². The lowest BCUT2D eigenvalue weighted by Crippen LogP contribution is -2.40. The van der Waals surface area contributed by atoms with Gasteiger partial charge in [0, 0.05) is 30.6 Å². The number of nitrogens with zero attached hydrogens (tertiary/aromatic N) is 2. The van der Waals surface area contributed by atoms with E-state index in [0.717, 1.165) is 19.5 Å². The van der Waals surface area contributed by atoms with Crippen molar-refractivity contribution >= 4 is 11.3 Å². The Bertz CT molecular complexity index is 246. The summed E-state index contributed by atoms with van der Waals surface area (Å²) in [5.74, 6) is 0. The van der Waals surface area contributed by atoms with Crippen molar-refractivity contribution in [2.45, 2.75) is 25.8 Å². The van der Waals surface area contributed by atoms with E-state index in [4.69, 9.17) is 0 Å². The zero-order chi connectivity index (χ0) is 11.1. The highest BCUT2D eigenvalue weighted by molar-refractivity contribution is 7.09. The summed E-state index contributed by atoms with van der Waals surface area (Å²) in [6.07, 6.45) is 4.10. The van der Waals surface area contributed by atoms with Crippen LogP contribution in [0.5, 0.6) is 0 Å². The molecule has 0 aliphatic heterocycles. The maximum absolute atomic E-state index is 4.33. The molecule has 0 saturated heterocycles. The highest BCUT2D eigenvalue weighted by atomic mass is 32.1. The molecular weight excluding hydrogens is 206 g/mol. The molecule has 1 atom stereocenters. The molecule has 1 heterocycles. The first kappa shape index (κ1) is 12.6. The topological polar surface area (TPSA) is 28.2 Å². The Morgan fingerprint density at radius 2 is 2.33 bits per heavy atom. The summed E-state index contributed by atoms with van der Waals surface area (Å²) in [6, 6.07) is 0.520. The van der Waals surface area contributed by atoms with E-state index in [1.165, 1.54) is 11.4 Å². The highest BCUT2D eigenvalue weighted by Gasteiger charge is 2.11. The number of likely N-dealkylation sites (N-methyl/N-ethyl adjacent to an activating group) is 1. The lowest BCUT2D eigenvalue weighted by molar-refractivity contribution is 0.336. The van der Waals surface area contributed by atoms with Crippen LogP contribution in [0.3, 0.4) is 0 Å². The quantitative estimate of drug-likeness (QED) is 0.767. The number of hydrogen-bond acceptors (Lipinski definition) is 4. The molecule has 0 aliphatic rings. The summed E-state index contributed by atoms with van der Waals surface area (Å²) in [7, 11) is 4.23. The Hall–Kier alpha value is -0.450. The van der Waals surface area contributed by atoms with Crippen molar-refractivity contribution < 1.29 is 0 Å². The molecule has 1 aromatic heterocycles. The fourth-order valence-electron chi connectivity index (χ4n) is 1.56. The molecule has 0 fully saturated rings. The molecule has 0 spiro atoms. The number of hydrogen-bond donors (Lipinski definition) is 1. The van der Waals surface area contributed by atoms with Gasteiger partial charge in [-0.05, 0) is 27.1 Å². The molecule has 0 aliphatic carbocycles. The van der Waals surface area contributed by atoms with Gasteiger partial charge in [0.2, 0.25) is 0 Å². The van der Waals surface area contributed by atoms with Gasteiger partial charge in [0.1, 0.15) is 0 Å². The van der Waals surface area contributed by atoms with Crippen molar-refractivity contribution in [2.24, 2.45) is 0 Å². The molecule has 4 heteroatoms. The molecule has 3 nitrogen and oxygen atoms in total. The number of nitrogens with one attached hydrogen (secondary N) is 1. The summed E-state index contributed by atoms with van der Waals surface area (Å²) in [4.78, 5) is 6.55. The zero-order valence-corrected chi connectivity index (χ0v) is 10.7. The largest absolute Gasteiger partial charge is 0.312 e. The second-order valence-electron chi connectivity index (χ2n) is 4.04. The molecule has 0 aromatic carbocycles. The summed E-state index contributed by atoms with van der Waals surface area (Å²) in [5, 5.41) is 6.83.